The second-order valence-corrected chi connectivity index (χ2v) is 8.30. The Bertz CT molecular complexity index is 920. The zero-order chi connectivity index (χ0) is 19.6. The van der Waals surface area contributed by atoms with Crippen LogP contribution in [-0.4, -0.2) is 44.4 Å². The van der Waals surface area contributed by atoms with Crippen molar-refractivity contribution in [3.63, 3.8) is 0 Å². The first-order chi connectivity index (χ1) is 12.8. The number of hydrogen-bond donors (Lipinski definition) is 2. The van der Waals surface area contributed by atoms with Gasteiger partial charge >= 0.3 is 0 Å². The average molecular weight is 428 g/mol. The van der Waals surface area contributed by atoms with Crippen molar-refractivity contribution in [3.8, 4) is 0 Å². The first kappa shape index (κ1) is 22.1. The van der Waals surface area contributed by atoms with Gasteiger partial charge in [-0.25, -0.2) is 12.8 Å². The van der Waals surface area contributed by atoms with Crippen LogP contribution in [0.4, 0.5) is 10.1 Å². The number of carbonyl (C=O) groups excluding carboxylic acids is 1. The molecule has 1 amide bonds. The van der Waals surface area contributed by atoms with Crippen molar-refractivity contribution in [3.05, 3.63) is 59.9 Å². The standard InChI is InChI=1S/C19H22FN3O3S.ClH/c1-13-14(2)23(12-11-21-13)19(24)15-3-7-17(8-4-15)22-27(25,26)18-9-5-16(20)6-10-18;/h3-10,13-14,21-22H,11-12H2,1-2H3;1H. The lowest BCUT2D eigenvalue weighted by Gasteiger charge is -2.38. The molecule has 9 heteroatoms. The number of rotatable bonds is 4. The molecule has 2 unspecified atom stereocenters. The third-order valence-electron chi connectivity index (χ3n) is 4.80. The van der Waals surface area contributed by atoms with Gasteiger partial charge in [-0.05, 0) is 62.4 Å². The minimum Gasteiger partial charge on any atom is -0.333 e. The van der Waals surface area contributed by atoms with Gasteiger partial charge in [0.2, 0.25) is 0 Å². The lowest BCUT2D eigenvalue weighted by molar-refractivity contribution is 0.0603. The van der Waals surface area contributed by atoms with Crippen LogP contribution in [0.3, 0.4) is 0 Å². The van der Waals surface area contributed by atoms with Gasteiger partial charge in [-0.2, -0.15) is 0 Å². The second kappa shape index (κ2) is 8.89. The highest BCUT2D eigenvalue weighted by atomic mass is 35.5. The lowest BCUT2D eigenvalue weighted by atomic mass is 10.1. The van der Waals surface area contributed by atoms with Gasteiger partial charge in [0.05, 0.1) is 4.90 Å². The molecular formula is C19H23ClFN3O3S. The van der Waals surface area contributed by atoms with Crippen molar-refractivity contribution in [1.29, 1.82) is 0 Å². The van der Waals surface area contributed by atoms with E-state index in [1.165, 1.54) is 12.1 Å². The van der Waals surface area contributed by atoms with Crippen LogP contribution >= 0.6 is 12.4 Å². The van der Waals surface area contributed by atoms with Crippen LogP contribution in [0, 0.1) is 5.82 Å². The van der Waals surface area contributed by atoms with Crippen molar-refractivity contribution < 1.29 is 17.6 Å². The number of piperazine rings is 1. The number of sulfonamides is 1. The van der Waals surface area contributed by atoms with Crippen LogP contribution in [0.2, 0.25) is 0 Å². The summed E-state index contributed by atoms with van der Waals surface area (Å²) in [7, 11) is -3.82. The summed E-state index contributed by atoms with van der Waals surface area (Å²) in [6.45, 7) is 5.41. The third-order valence-corrected chi connectivity index (χ3v) is 6.20. The Kier molecular flexibility index (Phi) is 7.03. The first-order valence-corrected chi connectivity index (χ1v) is 10.2. The smallest absolute Gasteiger partial charge is 0.261 e. The summed E-state index contributed by atoms with van der Waals surface area (Å²) in [6.07, 6.45) is 0. The van der Waals surface area contributed by atoms with E-state index in [4.69, 9.17) is 0 Å². The fourth-order valence-corrected chi connectivity index (χ4v) is 4.08. The Morgan fingerprint density at radius 2 is 1.71 bits per heavy atom. The molecular weight excluding hydrogens is 405 g/mol. The quantitative estimate of drug-likeness (QED) is 0.786. The van der Waals surface area contributed by atoms with Crippen molar-refractivity contribution in [2.75, 3.05) is 17.8 Å². The molecule has 152 valence electrons. The van der Waals surface area contributed by atoms with Gasteiger partial charge < -0.3 is 10.2 Å². The van der Waals surface area contributed by atoms with Gasteiger partial charge in [-0.15, -0.1) is 12.4 Å². The van der Waals surface area contributed by atoms with Crippen molar-refractivity contribution >= 4 is 34.0 Å². The molecule has 0 aromatic heterocycles. The molecule has 0 aliphatic carbocycles. The molecule has 6 nitrogen and oxygen atoms in total. The number of carbonyl (C=O) groups is 1. The van der Waals surface area contributed by atoms with Gasteiger partial charge in [-0.1, -0.05) is 0 Å². The molecule has 0 radical (unpaired) electrons. The Hall–Kier alpha value is -2.16. The molecule has 2 aromatic carbocycles. The summed E-state index contributed by atoms with van der Waals surface area (Å²) >= 11 is 0. The highest BCUT2D eigenvalue weighted by Crippen LogP contribution is 2.19. The van der Waals surface area contributed by atoms with E-state index < -0.39 is 15.8 Å². The van der Waals surface area contributed by atoms with E-state index in [9.17, 15) is 17.6 Å². The largest absolute Gasteiger partial charge is 0.333 e. The number of nitrogens with zero attached hydrogens (tertiary/aromatic N) is 1. The summed E-state index contributed by atoms with van der Waals surface area (Å²) in [5.74, 6) is -0.586. The first-order valence-electron chi connectivity index (χ1n) is 8.71. The number of benzene rings is 2. The van der Waals surface area contributed by atoms with Gasteiger partial charge in [0.25, 0.3) is 15.9 Å². The molecule has 2 aromatic rings. The molecule has 2 N–H and O–H groups in total. The number of nitrogens with one attached hydrogen (secondary N) is 2. The Labute approximate surface area is 170 Å². The van der Waals surface area contributed by atoms with E-state index in [2.05, 4.69) is 10.0 Å². The average Bonchev–Trinajstić information content (AvgIpc) is 2.64. The van der Waals surface area contributed by atoms with E-state index in [1.807, 2.05) is 18.7 Å². The van der Waals surface area contributed by atoms with Crippen LogP contribution in [-0.2, 0) is 10.0 Å². The molecule has 1 fully saturated rings. The molecule has 2 atom stereocenters. The number of amides is 1. The highest BCUT2D eigenvalue weighted by molar-refractivity contribution is 7.92. The van der Waals surface area contributed by atoms with Crippen LogP contribution in [0.25, 0.3) is 0 Å². The van der Waals surface area contributed by atoms with Crippen LogP contribution in [0.15, 0.2) is 53.4 Å². The predicted molar refractivity (Wildman–Crippen MR) is 109 cm³/mol. The minimum atomic E-state index is -3.82. The Morgan fingerprint density at radius 3 is 2.32 bits per heavy atom. The molecule has 28 heavy (non-hydrogen) atoms. The van der Waals surface area contributed by atoms with E-state index >= 15 is 0 Å². The Balaban J connectivity index is 0.00000280. The van der Waals surface area contributed by atoms with Crippen LogP contribution in [0.5, 0.6) is 0 Å². The zero-order valence-electron chi connectivity index (χ0n) is 15.6. The summed E-state index contributed by atoms with van der Waals surface area (Å²) < 4.78 is 40.1. The van der Waals surface area contributed by atoms with Crippen molar-refractivity contribution in [1.82, 2.24) is 10.2 Å². The number of anilines is 1. The van der Waals surface area contributed by atoms with Gasteiger partial charge in [-0.3, -0.25) is 9.52 Å². The normalized spacial score (nSPS) is 19.6. The molecule has 0 bridgehead atoms. The molecule has 1 heterocycles. The number of hydrogen-bond acceptors (Lipinski definition) is 4. The van der Waals surface area contributed by atoms with Crippen molar-refractivity contribution in [2.24, 2.45) is 0 Å². The summed E-state index contributed by atoms with van der Waals surface area (Å²) in [6, 6.07) is 11.2. The van der Waals surface area contributed by atoms with Crippen LogP contribution < -0.4 is 10.0 Å². The van der Waals surface area contributed by atoms with E-state index in [0.29, 0.717) is 17.8 Å². The molecule has 1 aliphatic heterocycles. The van der Waals surface area contributed by atoms with E-state index in [1.54, 1.807) is 24.3 Å². The lowest BCUT2D eigenvalue weighted by Crippen LogP contribution is -2.57. The zero-order valence-corrected chi connectivity index (χ0v) is 17.2. The maximum atomic E-state index is 13.0. The second-order valence-electron chi connectivity index (χ2n) is 6.62. The van der Waals surface area contributed by atoms with Gasteiger partial charge in [0, 0.05) is 36.4 Å². The maximum Gasteiger partial charge on any atom is 0.261 e. The molecule has 3 rings (SSSR count). The minimum absolute atomic E-state index is 0. The topological polar surface area (TPSA) is 78.5 Å². The van der Waals surface area contributed by atoms with Gasteiger partial charge in [0.15, 0.2) is 0 Å². The highest BCUT2D eigenvalue weighted by Gasteiger charge is 2.28. The summed E-state index contributed by atoms with van der Waals surface area (Å²) in [5, 5.41) is 3.33. The Morgan fingerprint density at radius 1 is 1.11 bits per heavy atom. The van der Waals surface area contributed by atoms with E-state index in [-0.39, 0.29) is 35.3 Å². The fourth-order valence-electron chi connectivity index (χ4n) is 3.02. The maximum absolute atomic E-state index is 13.0. The molecule has 0 saturated carbocycles. The monoisotopic (exact) mass is 427 g/mol. The SMILES string of the molecule is CC1NCCN(C(=O)c2ccc(NS(=O)(=O)c3ccc(F)cc3)cc2)C1C.Cl. The molecule has 0 spiro atoms. The summed E-state index contributed by atoms with van der Waals surface area (Å²) in [5.41, 5.74) is 0.832. The summed E-state index contributed by atoms with van der Waals surface area (Å²) in [4.78, 5) is 14.5. The van der Waals surface area contributed by atoms with Gasteiger partial charge in [0.1, 0.15) is 5.82 Å². The molecule has 1 aliphatic rings. The number of halogens is 2. The van der Waals surface area contributed by atoms with Crippen molar-refractivity contribution in [2.45, 2.75) is 30.8 Å². The fraction of sp³-hybridized carbons (Fsp3) is 0.316. The third kappa shape index (κ3) is 4.81. The predicted octanol–water partition coefficient (Wildman–Crippen LogP) is 2.87. The van der Waals surface area contributed by atoms with Crippen LogP contribution in [0.1, 0.15) is 24.2 Å². The molecule has 1 saturated heterocycles. The van der Waals surface area contributed by atoms with E-state index in [0.717, 1.165) is 18.7 Å².